The van der Waals surface area contributed by atoms with Crippen LogP contribution in [-0.2, 0) is 0 Å². The Morgan fingerprint density at radius 3 is 2.57 bits per heavy atom. The molecule has 0 unspecified atom stereocenters. The Kier molecular flexibility index (Phi) is 4.23. The van der Waals surface area contributed by atoms with E-state index in [1.54, 1.807) is 0 Å². The van der Waals surface area contributed by atoms with Crippen LogP contribution in [-0.4, -0.2) is 11.1 Å². The third-order valence-corrected chi connectivity index (χ3v) is 3.17. The first-order valence-electron chi connectivity index (χ1n) is 6.15. The normalized spacial score (nSPS) is 11.0. The van der Waals surface area contributed by atoms with E-state index in [9.17, 15) is 15.2 Å². The highest BCUT2D eigenvalue weighted by Crippen LogP contribution is 2.30. The zero-order valence-electron chi connectivity index (χ0n) is 11.5. The summed E-state index contributed by atoms with van der Waals surface area (Å²) >= 11 is 5.79. The predicted molar refractivity (Wildman–Crippen MR) is 80.7 cm³/mol. The first-order chi connectivity index (χ1) is 9.88. The molecule has 0 fully saturated rings. The van der Waals surface area contributed by atoms with E-state index in [2.05, 4.69) is 4.99 Å². The van der Waals surface area contributed by atoms with E-state index in [0.717, 1.165) is 17.2 Å². The van der Waals surface area contributed by atoms with Gasteiger partial charge < -0.3 is 5.11 Å². The fourth-order valence-electron chi connectivity index (χ4n) is 1.92. The van der Waals surface area contributed by atoms with Crippen LogP contribution in [0.15, 0.2) is 35.3 Å². The number of hydrogen-bond acceptors (Lipinski definition) is 4. The molecule has 0 aromatic heterocycles. The molecule has 21 heavy (non-hydrogen) atoms. The van der Waals surface area contributed by atoms with Crippen LogP contribution in [0, 0.1) is 24.0 Å². The summed E-state index contributed by atoms with van der Waals surface area (Å²) in [7, 11) is 0. The van der Waals surface area contributed by atoms with Crippen molar-refractivity contribution in [3.63, 3.8) is 0 Å². The van der Waals surface area contributed by atoms with E-state index in [0.29, 0.717) is 5.69 Å². The Hall–Kier alpha value is -2.40. The van der Waals surface area contributed by atoms with Gasteiger partial charge in [-0.15, -0.1) is 0 Å². The zero-order chi connectivity index (χ0) is 15.6. The summed E-state index contributed by atoms with van der Waals surface area (Å²) in [5.74, 6) is -0.696. The zero-order valence-corrected chi connectivity index (χ0v) is 12.2. The van der Waals surface area contributed by atoms with Gasteiger partial charge in [-0.05, 0) is 42.9 Å². The molecule has 0 heterocycles. The van der Waals surface area contributed by atoms with Crippen molar-refractivity contribution in [3.8, 4) is 5.75 Å². The highest BCUT2D eigenvalue weighted by atomic mass is 35.5. The van der Waals surface area contributed by atoms with Crippen molar-refractivity contribution in [2.24, 2.45) is 4.99 Å². The number of hydrogen-bond donors (Lipinski definition) is 0. The van der Waals surface area contributed by atoms with Crippen molar-refractivity contribution in [2.45, 2.75) is 13.8 Å². The largest absolute Gasteiger partial charge is 0.867 e. The molecule has 0 radical (unpaired) electrons. The van der Waals surface area contributed by atoms with Crippen LogP contribution in [0.25, 0.3) is 0 Å². The average molecular weight is 304 g/mol. The third kappa shape index (κ3) is 3.38. The molecule has 2 rings (SSSR count). The monoisotopic (exact) mass is 303 g/mol. The minimum atomic E-state index is -0.747. The third-order valence-electron chi connectivity index (χ3n) is 2.95. The van der Waals surface area contributed by atoms with E-state index in [1.807, 2.05) is 32.0 Å². The maximum Gasteiger partial charge on any atom is 0.263 e. The maximum absolute atomic E-state index is 11.9. The first kappa shape index (κ1) is 15.0. The number of nitro groups is 1. The van der Waals surface area contributed by atoms with Gasteiger partial charge in [0.25, 0.3) is 5.69 Å². The predicted octanol–water partition coefficient (Wildman–Crippen LogP) is 3.69. The van der Waals surface area contributed by atoms with E-state index in [4.69, 9.17) is 11.6 Å². The van der Waals surface area contributed by atoms with Gasteiger partial charge in [-0.3, -0.25) is 15.1 Å². The Balaban J connectivity index is 2.43. The summed E-state index contributed by atoms with van der Waals surface area (Å²) in [6.45, 7) is 3.87. The van der Waals surface area contributed by atoms with Crippen LogP contribution in [0.4, 0.5) is 11.4 Å². The fraction of sp³-hybridized carbons (Fsp3) is 0.133. The number of halogens is 1. The smallest absolute Gasteiger partial charge is 0.263 e. The van der Waals surface area contributed by atoms with E-state index < -0.39 is 16.4 Å². The summed E-state index contributed by atoms with van der Waals surface area (Å²) in [5, 5.41) is 22.9. The van der Waals surface area contributed by atoms with Gasteiger partial charge in [-0.1, -0.05) is 29.3 Å². The highest BCUT2D eigenvalue weighted by Gasteiger charge is 2.11. The molecule has 0 aliphatic heterocycles. The van der Waals surface area contributed by atoms with Gasteiger partial charge in [0, 0.05) is 17.3 Å². The van der Waals surface area contributed by atoms with E-state index in [-0.39, 0.29) is 10.6 Å². The molecule has 2 aromatic rings. The Morgan fingerprint density at radius 1 is 1.24 bits per heavy atom. The van der Waals surface area contributed by atoms with Crippen molar-refractivity contribution < 1.29 is 10.0 Å². The highest BCUT2D eigenvalue weighted by molar-refractivity contribution is 6.31. The Morgan fingerprint density at radius 2 is 1.95 bits per heavy atom. The fourth-order valence-corrected chi connectivity index (χ4v) is 2.14. The van der Waals surface area contributed by atoms with Crippen LogP contribution >= 0.6 is 11.6 Å². The van der Waals surface area contributed by atoms with Gasteiger partial charge >= 0.3 is 0 Å². The van der Waals surface area contributed by atoms with Gasteiger partial charge in [0.15, 0.2) is 0 Å². The van der Waals surface area contributed by atoms with Crippen molar-refractivity contribution in [1.29, 1.82) is 0 Å². The summed E-state index contributed by atoms with van der Waals surface area (Å²) in [5.41, 5.74) is 2.30. The second kappa shape index (κ2) is 5.93. The SMILES string of the molecule is Cc1ccc(N=Cc2cc(Cl)cc([N+](=O)[O-])c2[O-])c(C)c1. The summed E-state index contributed by atoms with van der Waals surface area (Å²) in [4.78, 5) is 14.3. The quantitative estimate of drug-likeness (QED) is 0.493. The molecule has 0 aliphatic carbocycles. The molecule has 0 atom stereocenters. The number of rotatable bonds is 3. The maximum atomic E-state index is 11.9. The molecule has 5 nitrogen and oxygen atoms in total. The summed E-state index contributed by atoms with van der Waals surface area (Å²) < 4.78 is 0. The molecule has 0 N–H and O–H groups in total. The molecular weight excluding hydrogens is 292 g/mol. The standard InChI is InChI=1S/C15H13ClN2O3/c1-9-3-4-13(10(2)5-9)17-8-11-6-12(16)7-14(15(11)19)18(20)21/h3-8,19H,1-2H3/p-1. The molecule has 6 heteroatoms. The van der Waals surface area contributed by atoms with Crippen LogP contribution < -0.4 is 5.11 Å². The minimum absolute atomic E-state index is 0.0918. The van der Waals surface area contributed by atoms with Crippen molar-refractivity contribution in [3.05, 3.63) is 62.2 Å². The number of nitrogens with zero attached hydrogens (tertiary/aromatic N) is 2. The number of aliphatic imine (C=N–C) groups is 1. The summed E-state index contributed by atoms with van der Waals surface area (Å²) in [6.07, 6.45) is 1.30. The van der Waals surface area contributed by atoms with Crippen molar-refractivity contribution >= 4 is 29.2 Å². The van der Waals surface area contributed by atoms with Crippen LogP contribution in [0.3, 0.4) is 0 Å². The van der Waals surface area contributed by atoms with Gasteiger partial charge in [0.2, 0.25) is 0 Å². The second-order valence-electron chi connectivity index (χ2n) is 4.65. The van der Waals surface area contributed by atoms with Crippen molar-refractivity contribution in [1.82, 2.24) is 0 Å². The molecule has 0 saturated heterocycles. The van der Waals surface area contributed by atoms with E-state index in [1.165, 1.54) is 12.3 Å². The lowest BCUT2D eigenvalue weighted by atomic mass is 10.1. The molecule has 0 saturated carbocycles. The molecular formula is C15H12ClN2O3-. The van der Waals surface area contributed by atoms with Gasteiger partial charge in [-0.25, -0.2) is 0 Å². The lowest BCUT2D eigenvalue weighted by molar-refractivity contribution is -0.398. The Labute approximate surface area is 126 Å². The Bertz CT molecular complexity index is 742. The second-order valence-corrected chi connectivity index (χ2v) is 5.08. The van der Waals surface area contributed by atoms with Crippen molar-refractivity contribution in [2.75, 3.05) is 0 Å². The molecule has 0 amide bonds. The lowest BCUT2D eigenvalue weighted by Crippen LogP contribution is -2.02. The lowest BCUT2D eigenvalue weighted by Gasteiger charge is -2.11. The van der Waals surface area contributed by atoms with Gasteiger partial charge in [-0.2, -0.15) is 0 Å². The number of benzene rings is 2. The molecule has 108 valence electrons. The van der Waals surface area contributed by atoms with Gasteiger partial charge in [0.1, 0.15) is 0 Å². The van der Waals surface area contributed by atoms with Crippen LogP contribution in [0.5, 0.6) is 5.75 Å². The number of nitro benzene ring substituents is 1. The molecule has 0 bridgehead atoms. The van der Waals surface area contributed by atoms with Crippen LogP contribution in [0.2, 0.25) is 5.02 Å². The van der Waals surface area contributed by atoms with Gasteiger partial charge in [0.05, 0.1) is 10.6 Å². The molecule has 0 aliphatic rings. The first-order valence-corrected chi connectivity index (χ1v) is 6.52. The molecule has 0 spiro atoms. The number of aryl methyl sites for hydroxylation is 2. The molecule has 2 aromatic carbocycles. The van der Waals surface area contributed by atoms with Crippen LogP contribution in [0.1, 0.15) is 16.7 Å². The minimum Gasteiger partial charge on any atom is -0.867 e. The average Bonchev–Trinajstić information content (AvgIpc) is 2.40. The van der Waals surface area contributed by atoms with E-state index >= 15 is 0 Å². The topological polar surface area (TPSA) is 78.6 Å². The summed E-state index contributed by atoms with van der Waals surface area (Å²) in [6, 6.07) is 8.09.